The van der Waals surface area contributed by atoms with E-state index in [0.29, 0.717) is 0 Å². The van der Waals surface area contributed by atoms with E-state index in [1.165, 1.54) is 0 Å². The van der Waals surface area contributed by atoms with Crippen molar-refractivity contribution in [3.05, 3.63) is 35.9 Å². The van der Waals surface area contributed by atoms with Gasteiger partial charge in [-0.2, -0.15) is 0 Å². The zero-order valence-electron chi connectivity index (χ0n) is 9.98. The van der Waals surface area contributed by atoms with Crippen molar-refractivity contribution in [3.63, 3.8) is 0 Å². The first-order valence-corrected chi connectivity index (χ1v) is 5.80. The third kappa shape index (κ3) is 2.09. The fourth-order valence-corrected chi connectivity index (χ4v) is 2.43. The van der Waals surface area contributed by atoms with E-state index in [4.69, 9.17) is 10.2 Å². The van der Waals surface area contributed by atoms with Crippen LogP contribution in [0.15, 0.2) is 30.3 Å². The van der Waals surface area contributed by atoms with Crippen LogP contribution < -0.4 is 0 Å². The summed E-state index contributed by atoms with van der Waals surface area (Å²) in [7, 11) is 0. The van der Waals surface area contributed by atoms with Crippen molar-refractivity contribution in [1.29, 1.82) is 0 Å². The molecule has 5 nitrogen and oxygen atoms in total. The van der Waals surface area contributed by atoms with Crippen LogP contribution in [-0.4, -0.2) is 39.1 Å². The summed E-state index contributed by atoms with van der Waals surface area (Å²) in [5.41, 5.74) is 0.926. The summed E-state index contributed by atoms with van der Waals surface area (Å²) in [6.07, 6.45) is 0.168. The van der Waals surface area contributed by atoms with Gasteiger partial charge in [0.2, 0.25) is 0 Å². The SMILES string of the molecule is CC(c1ccccc1)N1C(C(=O)O)CC1C(=O)O. The quantitative estimate of drug-likeness (QED) is 0.842. The predicted molar refractivity (Wildman–Crippen MR) is 64.2 cm³/mol. The lowest BCUT2D eigenvalue weighted by atomic mass is 9.88. The number of benzene rings is 1. The number of carbonyl (C=O) groups is 2. The Balaban J connectivity index is 2.22. The lowest BCUT2D eigenvalue weighted by Gasteiger charge is -2.47. The molecule has 1 saturated heterocycles. The Morgan fingerprint density at radius 3 is 2.11 bits per heavy atom. The number of aliphatic carboxylic acids is 2. The normalized spacial score (nSPS) is 25.2. The molecule has 0 radical (unpaired) electrons. The van der Waals surface area contributed by atoms with Crippen LogP contribution in [0, 0.1) is 0 Å². The van der Waals surface area contributed by atoms with Gasteiger partial charge in [-0.1, -0.05) is 30.3 Å². The molecule has 1 heterocycles. The molecular formula is C13H15NO4. The second kappa shape index (κ2) is 4.78. The summed E-state index contributed by atoms with van der Waals surface area (Å²) in [6, 6.07) is 7.70. The van der Waals surface area contributed by atoms with E-state index in [1.807, 2.05) is 37.3 Å². The van der Waals surface area contributed by atoms with Gasteiger partial charge in [-0.15, -0.1) is 0 Å². The molecule has 0 saturated carbocycles. The van der Waals surface area contributed by atoms with Crippen LogP contribution in [-0.2, 0) is 9.59 Å². The third-order valence-electron chi connectivity index (χ3n) is 3.47. The Morgan fingerprint density at radius 2 is 1.67 bits per heavy atom. The van der Waals surface area contributed by atoms with Crippen LogP contribution in [0.4, 0.5) is 0 Å². The third-order valence-corrected chi connectivity index (χ3v) is 3.47. The van der Waals surface area contributed by atoms with E-state index in [0.717, 1.165) is 5.56 Å². The average Bonchev–Trinajstić information content (AvgIpc) is 2.27. The molecule has 5 heteroatoms. The van der Waals surface area contributed by atoms with Crippen molar-refractivity contribution in [2.45, 2.75) is 31.5 Å². The molecular weight excluding hydrogens is 234 g/mol. The second-order valence-electron chi connectivity index (χ2n) is 4.48. The summed E-state index contributed by atoms with van der Waals surface area (Å²) in [5, 5.41) is 18.1. The minimum Gasteiger partial charge on any atom is -0.480 e. The lowest BCUT2D eigenvalue weighted by Crippen LogP contribution is -2.62. The number of likely N-dealkylation sites (tertiary alicyclic amines) is 1. The van der Waals surface area contributed by atoms with Crippen molar-refractivity contribution in [3.8, 4) is 0 Å². The summed E-state index contributed by atoms with van der Waals surface area (Å²) < 4.78 is 0. The smallest absolute Gasteiger partial charge is 0.321 e. The van der Waals surface area contributed by atoms with Gasteiger partial charge >= 0.3 is 11.9 Å². The van der Waals surface area contributed by atoms with E-state index in [1.54, 1.807) is 4.90 Å². The number of hydrogen-bond acceptors (Lipinski definition) is 3. The molecule has 1 aromatic carbocycles. The lowest BCUT2D eigenvalue weighted by molar-refractivity contribution is -0.167. The van der Waals surface area contributed by atoms with Crippen LogP contribution in [0.3, 0.4) is 0 Å². The molecule has 1 fully saturated rings. The molecule has 0 amide bonds. The first kappa shape index (κ1) is 12.6. The van der Waals surface area contributed by atoms with Gasteiger partial charge in [0.25, 0.3) is 0 Å². The molecule has 1 aliphatic heterocycles. The first-order chi connectivity index (χ1) is 8.52. The second-order valence-corrected chi connectivity index (χ2v) is 4.48. The maximum Gasteiger partial charge on any atom is 0.321 e. The van der Waals surface area contributed by atoms with Gasteiger partial charge in [0, 0.05) is 6.04 Å². The zero-order valence-corrected chi connectivity index (χ0v) is 9.98. The van der Waals surface area contributed by atoms with E-state index < -0.39 is 24.0 Å². The van der Waals surface area contributed by atoms with Crippen molar-refractivity contribution in [2.24, 2.45) is 0 Å². The Bertz CT molecular complexity index is 439. The van der Waals surface area contributed by atoms with Crippen LogP contribution in [0.5, 0.6) is 0 Å². The average molecular weight is 249 g/mol. The summed E-state index contributed by atoms with van der Waals surface area (Å²) in [5.74, 6) is -1.93. The standard InChI is InChI=1S/C13H15NO4/c1-8(9-5-3-2-4-6-9)14-10(12(15)16)7-11(14)13(17)18/h2-6,8,10-11H,7H2,1H3,(H,15,16)(H,17,18). The van der Waals surface area contributed by atoms with Gasteiger partial charge in [-0.05, 0) is 18.9 Å². The van der Waals surface area contributed by atoms with Crippen LogP contribution in [0.25, 0.3) is 0 Å². The van der Waals surface area contributed by atoms with Gasteiger partial charge in [0.05, 0.1) is 0 Å². The summed E-state index contributed by atoms with van der Waals surface area (Å²) in [6.45, 7) is 1.83. The zero-order chi connectivity index (χ0) is 13.3. The van der Waals surface area contributed by atoms with Gasteiger partial charge in [0.15, 0.2) is 0 Å². The first-order valence-electron chi connectivity index (χ1n) is 5.80. The highest BCUT2D eigenvalue weighted by Crippen LogP contribution is 2.35. The van der Waals surface area contributed by atoms with Crippen LogP contribution in [0.2, 0.25) is 0 Å². The molecule has 2 N–H and O–H groups in total. The van der Waals surface area contributed by atoms with E-state index in [-0.39, 0.29) is 12.5 Å². The fourth-order valence-electron chi connectivity index (χ4n) is 2.43. The molecule has 3 unspecified atom stereocenters. The number of nitrogens with zero attached hydrogens (tertiary/aromatic N) is 1. The molecule has 2 rings (SSSR count). The number of carboxylic acid groups (broad SMARTS) is 2. The Kier molecular flexibility index (Phi) is 3.34. The van der Waals surface area contributed by atoms with Crippen molar-refractivity contribution < 1.29 is 19.8 Å². The molecule has 0 aliphatic carbocycles. The van der Waals surface area contributed by atoms with Crippen LogP contribution >= 0.6 is 0 Å². The Labute approximate surface area is 105 Å². The maximum atomic E-state index is 11.1. The minimum atomic E-state index is -0.963. The number of rotatable bonds is 4. The molecule has 0 spiro atoms. The summed E-state index contributed by atoms with van der Waals surface area (Å²) in [4.78, 5) is 23.7. The molecule has 0 aromatic heterocycles. The largest absolute Gasteiger partial charge is 0.480 e. The molecule has 1 aliphatic rings. The fraction of sp³-hybridized carbons (Fsp3) is 0.385. The van der Waals surface area contributed by atoms with Crippen LogP contribution in [0.1, 0.15) is 24.9 Å². The number of carboxylic acids is 2. The Morgan fingerprint density at radius 1 is 1.17 bits per heavy atom. The molecule has 3 atom stereocenters. The van der Waals surface area contributed by atoms with E-state index in [9.17, 15) is 9.59 Å². The minimum absolute atomic E-state index is 0.168. The topological polar surface area (TPSA) is 77.8 Å². The molecule has 1 aromatic rings. The Hall–Kier alpha value is -1.88. The monoisotopic (exact) mass is 249 g/mol. The van der Waals surface area contributed by atoms with Crippen molar-refractivity contribution >= 4 is 11.9 Å². The van der Waals surface area contributed by atoms with E-state index >= 15 is 0 Å². The number of hydrogen-bond donors (Lipinski definition) is 2. The molecule has 18 heavy (non-hydrogen) atoms. The summed E-state index contributed by atoms with van der Waals surface area (Å²) >= 11 is 0. The molecule has 0 bridgehead atoms. The van der Waals surface area contributed by atoms with Gasteiger partial charge in [-0.25, -0.2) is 0 Å². The van der Waals surface area contributed by atoms with Gasteiger partial charge in [-0.3, -0.25) is 14.5 Å². The van der Waals surface area contributed by atoms with Gasteiger partial charge < -0.3 is 10.2 Å². The predicted octanol–water partition coefficient (Wildman–Crippen LogP) is 1.36. The molecule has 96 valence electrons. The highest BCUT2D eigenvalue weighted by Gasteiger charge is 2.49. The van der Waals surface area contributed by atoms with Gasteiger partial charge in [0.1, 0.15) is 12.1 Å². The van der Waals surface area contributed by atoms with E-state index in [2.05, 4.69) is 0 Å². The van der Waals surface area contributed by atoms with Crippen molar-refractivity contribution in [1.82, 2.24) is 4.90 Å². The highest BCUT2D eigenvalue weighted by molar-refractivity contribution is 5.82. The maximum absolute atomic E-state index is 11.1. The highest BCUT2D eigenvalue weighted by atomic mass is 16.4. The van der Waals surface area contributed by atoms with Crippen molar-refractivity contribution in [2.75, 3.05) is 0 Å².